The number of hydrogen-bond donors (Lipinski definition) is 1. The number of rotatable bonds is 4. The summed E-state index contributed by atoms with van der Waals surface area (Å²) in [6.45, 7) is 4.91. The lowest BCUT2D eigenvalue weighted by Crippen LogP contribution is -2.30. The molecule has 1 unspecified atom stereocenters. The van der Waals surface area contributed by atoms with E-state index in [0.717, 1.165) is 17.7 Å². The molecule has 4 nitrogen and oxygen atoms in total. The van der Waals surface area contributed by atoms with Crippen molar-refractivity contribution < 1.29 is 9.59 Å². The first-order chi connectivity index (χ1) is 9.13. The number of nitrogens with zero attached hydrogens (tertiary/aromatic N) is 1. The third-order valence-electron chi connectivity index (χ3n) is 3.45. The molecule has 0 aromatic heterocycles. The third-order valence-corrected chi connectivity index (χ3v) is 3.45. The van der Waals surface area contributed by atoms with Crippen LogP contribution in [0, 0.1) is 0 Å². The highest BCUT2D eigenvalue weighted by molar-refractivity contribution is 5.94. The summed E-state index contributed by atoms with van der Waals surface area (Å²) in [5.41, 5.74) is 2.05. The van der Waals surface area contributed by atoms with Crippen molar-refractivity contribution >= 4 is 17.5 Å². The molecule has 2 amide bonds. The fourth-order valence-corrected chi connectivity index (χ4v) is 2.53. The van der Waals surface area contributed by atoms with Gasteiger partial charge in [-0.05, 0) is 18.1 Å². The maximum Gasteiger partial charge on any atom is 0.223 e. The van der Waals surface area contributed by atoms with Gasteiger partial charge in [0.05, 0.1) is 0 Å². The van der Waals surface area contributed by atoms with Crippen LogP contribution >= 0.6 is 0 Å². The lowest BCUT2D eigenvalue weighted by molar-refractivity contribution is -0.121. The summed E-state index contributed by atoms with van der Waals surface area (Å²) in [6, 6.07) is 7.84. The molecule has 0 saturated heterocycles. The summed E-state index contributed by atoms with van der Waals surface area (Å²) < 4.78 is 0. The quantitative estimate of drug-likeness (QED) is 0.900. The monoisotopic (exact) mass is 260 g/mol. The van der Waals surface area contributed by atoms with E-state index in [1.807, 2.05) is 31.2 Å². The molecule has 102 valence electrons. The van der Waals surface area contributed by atoms with Crippen LogP contribution in [-0.2, 0) is 9.59 Å². The van der Waals surface area contributed by atoms with Crippen LogP contribution in [0.2, 0.25) is 0 Å². The van der Waals surface area contributed by atoms with Crippen molar-refractivity contribution in [2.75, 3.05) is 18.0 Å². The van der Waals surface area contributed by atoms with E-state index < -0.39 is 0 Å². The van der Waals surface area contributed by atoms with Crippen molar-refractivity contribution in [3.05, 3.63) is 29.8 Å². The molecule has 0 aliphatic carbocycles. The maximum atomic E-state index is 11.8. The molecule has 1 N–H and O–H groups in total. The Morgan fingerprint density at radius 2 is 2.11 bits per heavy atom. The minimum absolute atomic E-state index is 0.0314. The molecule has 1 aliphatic rings. The molecule has 1 aromatic rings. The lowest BCUT2D eigenvalue weighted by Gasteiger charge is -2.15. The number of nitrogens with one attached hydrogen (secondary N) is 1. The van der Waals surface area contributed by atoms with Crippen LogP contribution in [-0.4, -0.2) is 24.9 Å². The largest absolute Gasteiger partial charge is 0.356 e. The van der Waals surface area contributed by atoms with Gasteiger partial charge in [-0.15, -0.1) is 0 Å². The van der Waals surface area contributed by atoms with Crippen LogP contribution in [0.25, 0.3) is 0 Å². The predicted octanol–water partition coefficient (Wildman–Crippen LogP) is 2.05. The SMILES string of the molecule is CCCNC(=O)CC1CN(C(C)=O)c2ccccc21. The molecule has 1 heterocycles. The third kappa shape index (κ3) is 2.95. The van der Waals surface area contributed by atoms with Crippen LogP contribution in [0.5, 0.6) is 0 Å². The summed E-state index contributed by atoms with van der Waals surface area (Å²) in [7, 11) is 0. The molecule has 0 bridgehead atoms. The van der Waals surface area contributed by atoms with Gasteiger partial charge in [-0.2, -0.15) is 0 Å². The van der Waals surface area contributed by atoms with E-state index in [2.05, 4.69) is 5.32 Å². The molecular formula is C15H20N2O2. The first kappa shape index (κ1) is 13.6. The van der Waals surface area contributed by atoms with Gasteiger partial charge in [0, 0.05) is 38.0 Å². The first-order valence-corrected chi connectivity index (χ1v) is 6.77. The molecule has 0 radical (unpaired) electrons. The van der Waals surface area contributed by atoms with E-state index >= 15 is 0 Å². The van der Waals surface area contributed by atoms with E-state index in [-0.39, 0.29) is 17.7 Å². The van der Waals surface area contributed by atoms with E-state index in [1.165, 1.54) is 0 Å². The highest BCUT2D eigenvalue weighted by Gasteiger charge is 2.31. The fraction of sp³-hybridized carbons (Fsp3) is 0.467. The zero-order valence-corrected chi connectivity index (χ0v) is 11.5. The van der Waals surface area contributed by atoms with Crippen molar-refractivity contribution in [1.29, 1.82) is 0 Å². The van der Waals surface area contributed by atoms with E-state index in [0.29, 0.717) is 19.5 Å². The minimum atomic E-state index is 0.0314. The van der Waals surface area contributed by atoms with E-state index in [4.69, 9.17) is 0 Å². The van der Waals surface area contributed by atoms with Gasteiger partial charge in [-0.25, -0.2) is 0 Å². The van der Waals surface area contributed by atoms with Crippen LogP contribution in [0.3, 0.4) is 0 Å². The number of carbonyl (C=O) groups excluding carboxylic acids is 2. The molecule has 4 heteroatoms. The summed E-state index contributed by atoms with van der Waals surface area (Å²) in [4.78, 5) is 25.2. The van der Waals surface area contributed by atoms with Gasteiger partial charge < -0.3 is 10.2 Å². The average Bonchev–Trinajstić information content (AvgIpc) is 2.76. The highest BCUT2D eigenvalue weighted by atomic mass is 16.2. The van der Waals surface area contributed by atoms with Crippen molar-refractivity contribution in [1.82, 2.24) is 5.32 Å². The summed E-state index contributed by atoms with van der Waals surface area (Å²) in [5.74, 6) is 0.202. The van der Waals surface area contributed by atoms with E-state index in [9.17, 15) is 9.59 Å². The zero-order chi connectivity index (χ0) is 13.8. The Balaban J connectivity index is 2.12. The molecular weight excluding hydrogens is 240 g/mol. The molecule has 0 fully saturated rings. The minimum Gasteiger partial charge on any atom is -0.356 e. The first-order valence-electron chi connectivity index (χ1n) is 6.77. The number of carbonyl (C=O) groups is 2. The molecule has 2 rings (SSSR count). The van der Waals surface area contributed by atoms with Crippen LogP contribution in [0.4, 0.5) is 5.69 Å². The topological polar surface area (TPSA) is 49.4 Å². The van der Waals surface area contributed by atoms with Gasteiger partial charge >= 0.3 is 0 Å². The Labute approximate surface area is 113 Å². The van der Waals surface area contributed by atoms with Crippen LogP contribution in [0.1, 0.15) is 38.2 Å². The van der Waals surface area contributed by atoms with Gasteiger partial charge in [0.15, 0.2) is 0 Å². The molecule has 0 spiro atoms. The van der Waals surface area contributed by atoms with Gasteiger partial charge in [0.2, 0.25) is 11.8 Å². The maximum absolute atomic E-state index is 11.8. The molecule has 1 aliphatic heterocycles. The Morgan fingerprint density at radius 1 is 1.37 bits per heavy atom. The Kier molecular flexibility index (Phi) is 4.20. The van der Waals surface area contributed by atoms with E-state index in [1.54, 1.807) is 11.8 Å². The number of amides is 2. The lowest BCUT2D eigenvalue weighted by atomic mass is 9.97. The molecule has 1 atom stereocenters. The second-order valence-corrected chi connectivity index (χ2v) is 4.94. The van der Waals surface area contributed by atoms with Gasteiger partial charge in [-0.1, -0.05) is 25.1 Å². The number of benzene rings is 1. The second-order valence-electron chi connectivity index (χ2n) is 4.94. The standard InChI is InChI=1S/C15H20N2O2/c1-3-8-16-15(19)9-12-10-17(11(2)18)14-7-5-4-6-13(12)14/h4-7,12H,3,8-10H2,1-2H3,(H,16,19). The summed E-state index contributed by atoms with van der Waals surface area (Å²) in [6.07, 6.45) is 1.38. The molecule has 19 heavy (non-hydrogen) atoms. The van der Waals surface area contributed by atoms with Gasteiger partial charge in [-0.3, -0.25) is 9.59 Å². The smallest absolute Gasteiger partial charge is 0.223 e. The van der Waals surface area contributed by atoms with Gasteiger partial charge in [0.25, 0.3) is 0 Å². The van der Waals surface area contributed by atoms with Crippen molar-refractivity contribution in [2.45, 2.75) is 32.6 Å². The normalized spacial score (nSPS) is 17.2. The summed E-state index contributed by atoms with van der Waals surface area (Å²) in [5, 5.41) is 2.89. The molecule has 0 saturated carbocycles. The highest BCUT2D eigenvalue weighted by Crippen LogP contribution is 2.37. The summed E-state index contributed by atoms with van der Waals surface area (Å²) >= 11 is 0. The number of anilines is 1. The van der Waals surface area contributed by atoms with Gasteiger partial charge in [0.1, 0.15) is 0 Å². The predicted molar refractivity (Wildman–Crippen MR) is 75.1 cm³/mol. The van der Waals surface area contributed by atoms with Crippen LogP contribution in [0.15, 0.2) is 24.3 Å². The zero-order valence-electron chi connectivity index (χ0n) is 11.5. The fourth-order valence-electron chi connectivity index (χ4n) is 2.53. The number of para-hydroxylation sites is 1. The number of fused-ring (bicyclic) bond motifs is 1. The Hall–Kier alpha value is -1.84. The number of hydrogen-bond acceptors (Lipinski definition) is 2. The Morgan fingerprint density at radius 3 is 2.79 bits per heavy atom. The van der Waals surface area contributed by atoms with Crippen molar-refractivity contribution in [2.24, 2.45) is 0 Å². The Bertz CT molecular complexity index is 485. The molecule has 1 aromatic carbocycles. The van der Waals surface area contributed by atoms with Crippen molar-refractivity contribution in [3.63, 3.8) is 0 Å². The average molecular weight is 260 g/mol. The van der Waals surface area contributed by atoms with Crippen LogP contribution < -0.4 is 10.2 Å². The van der Waals surface area contributed by atoms with Crippen molar-refractivity contribution in [3.8, 4) is 0 Å². The second kappa shape index (κ2) is 5.87.